The number of nitrogens with zero attached hydrogens (tertiary/aromatic N) is 3. The Bertz CT molecular complexity index is 1120. The van der Waals surface area contributed by atoms with Gasteiger partial charge in [-0.15, -0.1) is 10.2 Å². The highest BCUT2D eigenvalue weighted by Gasteiger charge is 2.22. The Hall–Kier alpha value is -3.18. The van der Waals surface area contributed by atoms with Crippen molar-refractivity contribution in [3.8, 4) is 17.1 Å². The van der Waals surface area contributed by atoms with Gasteiger partial charge in [-0.05, 0) is 31.0 Å². The van der Waals surface area contributed by atoms with Crippen molar-refractivity contribution in [2.24, 2.45) is 0 Å². The lowest BCUT2D eigenvalue weighted by Crippen LogP contribution is -2.14. The molecule has 0 saturated carbocycles. The molecule has 0 amide bonds. The maximum Gasteiger partial charge on any atom is 0.196 e. The number of hydrogen-bond acceptors (Lipinski definition) is 4. The maximum atomic E-state index is 13.0. The number of benzene rings is 3. The molecule has 1 aromatic heterocycles. The third-order valence-electron chi connectivity index (χ3n) is 4.98. The first kappa shape index (κ1) is 20.1. The van der Waals surface area contributed by atoms with Crippen LogP contribution in [0.3, 0.4) is 0 Å². The van der Waals surface area contributed by atoms with E-state index in [1.807, 2.05) is 96.4 Å². The lowest BCUT2D eigenvalue weighted by Gasteiger charge is -2.13. The molecule has 4 nitrogen and oxygen atoms in total. The molecule has 5 heteroatoms. The van der Waals surface area contributed by atoms with Crippen molar-refractivity contribution in [3.05, 3.63) is 96.1 Å². The predicted octanol–water partition coefficient (Wildman–Crippen LogP) is 5.86. The van der Waals surface area contributed by atoms with Gasteiger partial charge < -0.3 is 0 Å². The van der Waals surface area contributed by atoms with Gasteiger partial charge in [0.15, 0.2) is 16.8 Å². The molecule has 0 bridgehead atoms. The van der Waals surface area contributed by atoms with E-state index in [0.717, 1.165) is 29.1 Å². The van der Waals surface area contributed by atoms with Crippen LogP contribution in [0.4, 0.5) is 0 Å². The lowest BCUT2D eigenvalue weighted by molar-refractivity contribution is 0.0994. The van der Waals surface area contributed by atoms with E-state index in [-0.39, 0.29) is 11.0 Å². The highest BCUT2D eigenvalue weighted by atomic mass is 32.2. The zero-order valence-corrected chi connectivity index (χ0v) is 17.8. The van der Waals surface area contributed by atoms with Crippen molar-refractivity contribution in [2.45, 2.75) is 30.7 Å². The van der Waals surface area contributed by atoms with Crippen LogP contribution in [0.5, 0.6) is 0 Å². The molecule has 1 heterocycles. The zero-order valence-electron chi connectivity index (χ0n) is 17.0. The van der Waals surface area contributed by atoms with E-state index >= 15 is 0 Å². The van der Waals surface area contributed by atoms with E-state index in [0.29, 0.717) is 5.16 Å². The minimum atomic E-state index is -0.284. The molecular weight excluding hydrogens is 390 g/mol. The fourth-order valence-corrected chi connectivity index (χ4v) is 4.23. The summed E-state index contributed by atoms with van der Waals surface area (Å²) < 4.78 is 2.02. The summed E-state index contributed by atoms with van der Waals surface area (Å²) in [6.45, 7) is 4.03. The molecule has 4 rings (SSSR count). The van der Waals surface area contributed by atoms with Crippen LogP contribution in [0.15, 0.2) is 90.1 Å². The van der Waals surface area contributed by atoms with E-state index < -0.39 is 0 Å². The highest BCUT2D eigenvalue weighted by molar-refractivity contribution is 8.00. The first-order chi connectivity index (χ1) is 14.7. The van der Waals surface area contributed by atoms with Crippen LogP contribution in [-0.2, 0) is 6.42 Å². The number of Topliss-reactive ketones (excluding diaryl/α,β-unsaturated/α-hetero) is 1. The molecule has 0 N–H and O–H groups in total. The van der Waals surface area contributed by atoms with Gasteiger partial charge in [0.05, 0.1) is 5.25 Å². The van der Waals surface area contributed by atoms with Crippen molar-refractivity contribution in [1.82, 2.24) is 14.8 Å². The number of aryl methyl sites for hydroxylation is 1. The fraction of sp³-hybridized carbons (Fsp3) is 0.160. The van der Waals surface area contributed by atoms with Crippen molar-refractivity contribution >= 4 is 17.5 Å². The van der Waals surface area contributed by atoms with Crippen LogP contribution in [-0.4, -0.2) is 25.8 Å². The predicted molar refractivity (Wildman–Crippen MR) is 122 cm³/mol. The quantitative estimate of drug-likeness (QED) is 0.281. The van der Waals surface area contributed by atoms with E-state index in [1.54, 1.807) is 0 Å². The van der Waals surface area contributed by atoms with Crippen LogP contribution in [0, 0.1) is 0 Å². The van der Waals surface area contributed by atoms with Crippen molar-refractivity contribution in [2.75, 3.05) is 0 Å². The molecule has 0 radical (unpaired) electrons. The molecule has 0 aliphatic carbocycles. The Kier molecular flexibility index (Phi) is 6.10. The largest absolute Gasteiger partial charge is 0.293 e. The number of thioether (sulfide) groups is 1. The lowest BCUT2D eigenvalue weighted by atomic mass is 10.1. The number of aromatic nitrogens is 3. The van der Waals surface area contributed by atoms with Crippen LogP contribution >= 0.6 is 11.8 Å². The Morgan fingerprint density at radius 1 is 0.900 bits per heavy atom. The second kappa shape index (κ2) is 9.09. The smallest absolute Gasteiger partial charge is 0.196 e. The molecule has 4 aromatic rings. The fourth-order valence-electron chi connectivity index (χ4n) is 3.28. The summed E-state index contributed by atoms with van der Waals surface area (Å²) in [4.78, 5) is 13.0. The second-order valence-electron chi connectivity index (χ2n) is 7.02. The summed E-state index contributed by atoms with van der Waals surface area (Å²) >= 11 is 1.43. The molecule has 30 heavy (non-hydrogen) atoms. The average Bonchev–Trinajstić information content (AvgIpc) is 3.23. The summed E-state index contributed by atoms with van der Waals surface area (Å²) in [5, 5.41) is 9.30. The number of ketones is 1. The number of carbonyl (C=O) groups excluding carboxylic acids is 1. The normalized spacial score (nSPS) is 11.9. The Morgan fingerprint density at radius 2 is 1.53 bits per heavy atom. The number of rotatable bonds is 7. The first-order valence-corrected chi connectivity index (χ1v) is 10.9. The van der Waals surface area contributed by atoms with Gasteiger partial charge in [0, 0.05) is 16.8 Å². The van der Waals surface area contributed by atoms with E-state index in [4.69, 9.17) is 0 Å². The number of hydrogen-bond donors (Lipinski definition) is 0. The third kappa shape index (κ3) is 4.21. The van der Waals surface area contributed by atoms with Crippen LogP contribution < -0.4 is 0 Å². The molecule has 0 spiro atoms. The topological polar surface area (TPSA) is 47.8 Å². The standard InChI is InChI=1S/C25H23N3OS/c1-3-19-14-16-20(17-15-19)23(29)18(2)30-25-27-26-24(21-10-6-4-7-11-21)28(25)22-12-8-5-9-13-22/h4-18H,3H2,1-2H3. The minimum Gasteiger partial charge on any atom is -0.293 e. The Balaban J connectivity index is 1.67. The Labute approximate surface area is 181 Å². The number of para-hydroxylation sites is 1. The van der Waals surface area contributed by atoms with E-state index in [2.05, 4.69) is 17.1 Å². The van der Waals surface area contributed by atoms with E-state index in [9.17, 15) is 4.79 Å². The molecule has 0 aliphatic heterocycles. The highest BCUT2D eigenvalue weighted by Crippen LogP contribution is 2.31. The van der Waals surface area contributed by atoms with Gasteiger partial charge in [0.25, 0.3) is 0 Å². The van der Waals surface area contributed by atoms with Crippen molar-refractivity contribution in [1.29, 1.82) is 0 Å². The van der Waals surface area contributed by atoms with Crippen molar-refractivity contribution in [3.63, 3.8) is 0 Å². The minimum absolute atomic E-state index is 0.0894. The van der Waals surface area contributed by atoms with Crippen molar-refractivity contribution < 1.29 is 4.79 Å². The van der Waals surface area contributed by atoms with Gasteiger partial charge in [0.1, 0.15) is 0 Å². The molecule has 1 unspecified atom stereocenters. The van der Waals surface area contributed by atoms with Gasteiger partial charge in [-0.1, -0.05) is 91.5 Å². The van der Waals surface area contributed by atoms with Crippen LogP contribution in [0.1, 0.15) is 29.8 Å². The summed E-state index contributed by atoms with van der Waals surface area (Å²) in [5.41, 5.74) is 3.90. The first-order valence-electron chi connectivity index (χ1n) is 10.0. The van der Waals surface area contributed by atoms with Gasteiger partial charge in [-0.3, -0.25) is 9.36 Å². The van der Waals surface area contributed by atoms with Gasteiger partial charge in [-0.2, -0.15) is 0 Å². The van der Waals surface area contributed by atoms with E-state index in [1.165, 1.54) is 17.3 Å². The third-order valence-corrected chi connectivity index (χ3v) is 6.02. The molecule has 0 aliphatic rings. The summed E-state index contributed by atoms with van der Waals surface area (Å²) in [5.74, 6) is 0.850. The number of carbonyl (C=O) groups is 1. The monoisotopic (exact) mass is 413 g/mol. The van der Waals surface area contributed by atoms with Gasteiger partial charge >= 0.3 is 0 Å². The van der Waals surface area contributed by atoms with Crippen LogP contribution in [0.2, 0.25) is 0 Å². The molecule has 0 saturated heterocycles. The summed E-state index contributed by atoms with van der Waals surface area (Å²) in [7, 11) is 0. The molecule has 3 aromatic carbocycles. The zero-order chi connectivity index (χ0) is 20.9. The van der Waals surface area contributed by atoms with Gasteiger partial charge in [-0.25, -0.2) is 0 Å². The average molecular weight is 414 g/mol. The Morgan fingerprint density at radius 3 is 2.17 bits per heavy atom. The maximum absolute atomic E-state index is 13.0. The summed E-state index contributed by atoms with van der Waals surface area (Å²) in [6.07, 6.45) is 0.960. The second-order valence-corrected chi connectivity index (χ2v) is 8.33. The molecular formula is C25H23N3OS. The molecule has 150 valence electrons. The van der Waals surface area contributed by atoms with Gasteiger partial charge in [0.2, 0.25) is 0 Å². The summed E-state index contributed by atoms with van der Waals surface area (Å²) in [6, 6.07) is 27.8. The molecule has 1 atom stereocenters. The SMILES string of the molecule is CCc1ccc(C(=O)C(C)Sc2nnc(-c3ccccc3)n2-c2ccccc2)cc1. The molecule has 0 fully saturated rings. The van der Waals surface area contributed by atoms with Crippen LogP contribution in [0.25, 0.3) is 17.1 Å².